The first-order valence-corrected chi connectivity index (χ1v) is 14.9. The lowest BCUT2D eigenvalue weighted by Crippen LogP contribution is -2.57. The number of rotatable bonds is 6. The van der Waals surface area contributed by atoms with Crippen molar-refractivity contribution in [3.05, 3.63) is 65.5 Å². The van der Waals surface area contributed by atoms with Gasteiger partial charge in [-0.15, -0.1) is 0 Å². The van der Waals surface area contributed by atoms with Crippen molar-refractivity contribution >= 4 is 27.6 Å². The summed E-state index contributed by atoms with van der Waals surface area (Å²) in [6.45, 7) is 0.281. The molecule has 2 aromatic carbocycles. The number of nitrogens with zero attached hydrogens (tertiary/aromatic N) is 2. The SMILES string of the molecule is CC(=O)N1CCC(C(N)=O)(C(=O)N2CCC(c3ccc(C(O)(C(F)(F)F)C(F)(F)F)cc3)(S(=O)(=O)c3ccc(F)cc3)C2)CC1. The molecule has 2 aromatic rings. The maximum atomic E-state index is 14.1. The first-order valence-electron chi connectivity index (χ1n) is 13.5. The standard InChI is InChI=1S/C28H28F7N3O6S/c1-17(39)37-13-10-24(11-14-37,22(36)40)23(41)38-15-12-25(16-38,45(43,44)21-8-6-20(29)7-9-21)18-2-4-19(5-3-18)26(42,27(30,31)32)28(33,34)35/h2-9,42H,10-16H2,1H3,(H2,36,40). The second-order valence-corrected chi connectivity index (χ2v) is 13.4. The summed E-state index contributed by atoms with van der Waals surface area (Å²) in [5.41, 5.74) is -3.41. The third-order valence-corrected chi connectivity index (χ3v) is 11.2. The number of carbonyl (C=O) groups excluding carboxylic acids is 3. The third kappa shape index (κ3) is 5.42. The van der Waals surface area contributed by atoms with Gasteiger partial charge in [0.1, 0.15) is 16.0 Å². The third-order valence-electron chi connectivity index (χ3n) is 8.75. The van der Waals surface area contributed by atoms with Gasteiger partial charge in [-0.05, 0) is 49.1 Å². The Morgan fingerprint density at radius 1 is 0.822 bits per heavy atom. The Balaban J connectivity index is 1.81. The van der Waals surface area contributed by atoms with Crippen LogP contribution in [0.3, 0.4) is 0 Å². The molecule has 9 nitrogen and oxygen atoms in total. The van der Waals surface area contributed by atoms with Crippen molar-refractivity contribution in [3.63, 3.8) is 0 Å². The molecule has 3 N–H and O–H groups in total. The number of carbonyl (C=O) groups is 3. The lowest BCUT2D eigenvalue weighted by Gasteiger charge is -2.40. The largest absolute Gasteiger partial charge is 0.430 e. The Kier molecular flexibility index (Phi) is 8.54. The Morgan fingerprint density at radius 2 is 1.31 bits per heavy atom. The summed E-state index contributed by atoms with van der Waals surface area (Å²) in [6, 6.07) is 5.46. The van der Waals surface area contributed by atoms with Crippen LogP contribution in [0, 0.1) is 11.2 Å². The number of piperidine rings is 1. The van der Waals surface area contributed by atoms with Crippen molar-refractivity contribution in [3.8, 4) is 0 Å². The summed E-state index contributed by atoms with van der Waals surface area (Å²) in [7, 11) is -4.67. The van der Waals surface area contributed by atoms with Crippen LogP contribution in [0.25, 0.3) is 0 Å². The number of benzene rings is 2. The van der Waals surface area contributed by atoms with E-state index >= 15 is 0 Å². The molecular formula is C28H28F7N3O6S. The molecule has 2 saturated heterocycles. The summed E-state index contributed by atoms with van der Waals surface area (Å²) in [4.78, 5) is 40.3. The number of nitrogens with two attached hydrogens (primary N) is 1. The first kappa shape index (κ1) is 34.1. The van der Waals surface area contributed by atoms with Crippen LogP contribution in [0.1, 0.15) is 37.3 Å². The van der Waals surface area contributed by atoms with E-state index in [2.05, 4.69) is 0 Å². The molecule has 1 atom stereocenters. The molecular weight excluding hydrogens is 639 g/mol. The van der Waals surface area contributed by atoms with Crippen LogP contribution in [0.15, 0.2) is 53.4 Å². The maximum Gasteiger partial charge on any atom is 0.430 e. The molecule has 0 saturated carbocycles. The van der Waals surface area contributed by atoms with Gasteiger partial charge in [0.05, 0.1) is 4.90 Å². The average molecular weight is 668 g/mol. The zero-order valence-corrected chi connectivity index (χ0v) is 24.4. The molecule has 2 aliphatic heterocycles. The summed E-state index contributed by atoms with van der Waals surface area (Å²) in [6.07, 6.45) is -13.1. The van der Waals surface area contributed by atoms with Gasteiger partial charge in [-0.1, -0.05) is 24.3 Å². The van der Waals surface area contributed by atoms with Crippen LogP contribution >= 0.6 is 0 Å². The fourth-order valence-corrected chi connectivity index (χ4v) is 8.06. The van der Waals surface area contributed by atoms with E-state index in [9.17, 15) is 58.6 Å². The number of primary amides is 1. The highest BCUT2D eigenvalue weighted by Gasteiger charge is 2.71. The normalized spacial score (nSPS) is 21.1. The van der Waals surface area contributed by atoms with Crippen molar-refractivity contribution in [2.45, 2.75) is 53.8 Å². The molecule has 246 valence electrons. The smallest absolute Gasteiger partial charge is 0.369 e. The summed E-state index contributed by atoms with van der Waals surface area (Å²) < 4.78 is 121. The second kappa shape index (κ2) is 11.3. The van der Waals surface area contributed by atoms with E-state index in [4.69, 9.17) is 5.73 Å². The predicted octanol–water partition coefficient (Wildman–Crippen LogP) is 3.15. The molecule has 0 radical (unpaired) electrons. The van der Waals surface area contributed by atoms with Crippen LogP contribution in [-0.2, 0) is 34.6 Å². The van der Waals surface area contributed by atoms with Crippen LogP contribution < -0.4 is 5.73 Å². The fourth-order valence-electron chi connectivity index (χ4n) is 5.98. The van der Waals surface area contributed by atoms with E-state index in [-0.39, 0.29) is 43.9 Å². The Labute approximate surface area is 252 Å². The number of hydrogen-bond acceptors (Lipinski definition) is 6. The molecule has 2 aliphatic rings. The molecule has 1 unspecified atom stereocenters. The minimum atomic E-state index is -6.19. The van der Waals surface area contributed by atoms with Gasteiger partial charge < -0.3 is 20.6 Å². The lowest BCUT2D eigenvalue weighted by atomic mass is 9.76. The van der Waals surface area contributed by atoms with Gasteiger partial charge in [0, 0.05) is 38.7 Å². The number of amides is 3. The van der Waals surface area contributed by atoms with E-state index in [1.54, 1.807) is 0 Å². The molecule has 0 spiro atoms. The van der Waals surface area contributed by atoms with Gasteiger partial charge in [-0.3, -0.25) is 14.4 Å². The molecule has 0 bridgehead atoms. The Morgan fingerprint density at radius 3 is 1.76 bits per heavy atom. The Bertz CT molecular complexity index is 1570. The number of sulfone groups is 1. The first-order chi connectivity index (χ1) is 20.6. The van der Waals surface area contributed by atoms with E-state index in [1.807, 2.05) is 0 Å². The summed E-state index contributed by atoms with van der Waals surface area (Å²) >= 11 is 0. The van der Waals surface area contributed by atoms with Gasteiger partial charge in [-0.25, -0.2) is 12.8 Å². The van der Waals surface area contributed by atoms with Crippen LogP contribution in [-0.4, -0.2) is 79.6 Å². The Hall–Kier alpha value is -3.73. The van der Waals surface area contributed by atoms with E-state index in [0.29, 0.717) is 24.3 Å². The molecule has 2 heterocycles. The lowest BCUT2D eigenvalue weighted by molar-refractivity contribution is -0.376. The second-order valence-electron chi connectivity index (χ2n) is 11.2. The molecule has 4 rings (SSSR count). The van der Waals surface area contributed by atoms with Crippen molar-refractivity contribution in [1.82, 2.24) is 9.80 Å². The summed E-state index contributed by atoms with van der Waals surface area (Å²) in [5.74, 6) is -2.97. The topological polar surface area (TPSA) is 138 Å². The van der Waals surface area contributed by atoms with Gasteiger partial charge in [0.2, 0.25) is 17.7 Å². The highest BCUT2D eigenvalue weighted by molar-refractivity contribution is 7.92. The maximum absolute atomic E-state index is 14.1. The molecule has 2 fully saturated rings. The van der Waals surface area contributed by atoms with Crippen LogP contribution in [0.4, 0.5) is 30.7 Å². The van der Waals surface area contributed by atoms with Gasteiger partial charge in [0.25, 0.3) is 5.60 Å². The van der Waals surface area contributed by atoms with Crippen molar-refractivity contribution in [2.24, 2.45) is 11.1 Å². The van der Waals surface area contributed by atoms with Crippen molar-refractivity contribution in [2.75, 3.05) is 26.2 Å². The van der Waals surface area contributed by atoms with Gasteiger partial charge in [-0.2, -0.15) is 26.3 Å². The number of aliphatic hydroxyl groups is 1. The highest BCUT2D eigenvalue weighted by Crippen LogP contribution is 2.51. The average Bonchev–Trinajstić information content (AvgIpc) is 3.43. The molecule has 0 aromatic heterocycles. The minimum absolute atomic E-state index is 0.000340. The predicted molar refractivity (Wildman–Crippen MR) is 142 cm³/mol. The summed E-state index contributed by atoms with van der Waals surface area (Å²) in [5, 5.41) is 9.81. The van der Waals surface area contributed by atoms with E-state index in [0.717, 1.165) is 29.2 Å². The van der Waals surface area contributed by atoms with Gasteiger partial charge >= 0.3 is 12.4 Å². The number of likely N-dealkylation sites (tertiary alicyclic amines) is 2. The molecule has 17 heteroatoms. The van der Waals surface area contributed by atoms with Crippen LogP contribution in [0.5, 0.6) is 0 Å². The molecule has 45 heavy (non-hydrogen) atoms. The quantitative estimate of drug-likeness (QED) is 0.276. The van der Waals surface area contributed by atoms with Gasteiger partial charge in [0.15, 0.2) is 9.84 Å². The molecule has 0 aliphatic carbocycles. The van der Waals surface area contributed by atoms with E-state index in [1.165, 1.54) is 11.8 Å². The zero-order chi connectivity index (χ0) is 33.8. The van der Waals surface area contributed by atoms with Crippen molar-refractivity contribution < 1.29 is 58.6 Å². The monoisotopic (exact) mass is 667 g/mol. The number of hydrogen-bond donors (Lipinski definition) is 2. The number of halogens is 7. The van der Waals surface area contributed by atoms with Crippen molar-refractivity contribution in [1.29, 1.82) is 0 Å². The minimum Gasteiger partial charge on any atom is -0.369 e. The molecule has 3 amide bonds. The van der Waals surface area contributed by atoms with E-state index < -0.39 is 79.0 Å². The van der Waals surface area contributed by atoms with Crippen LogP contribution in [0.2, 0.25) is 0 Å². The zero-order valence-electron chi connectivity index (χ0n) is 23.6. The fraction of sp³-hybridized carbons (Fsp3) is 0.464. The number of alkyl halides is 6. The highest BCUT2D eigenvalue weighted by atomic mass is 32.2.